The summed E-state index contributed by atoms with van der Waals surface area (Å²) in [6, 6.07) is 20.2. The molecule has 114 heavy (non-hydrogen) atoms. The van der Waals surface area contributed by atoms with Gasteiger partial charge in [-0.2, -0.15) is 0 Å². The molecule has 0 atom stereocenters. The molecule has 9 heterocycles. The van der Waals surface area contributed by atoms with Crippen molar-refractivity contribution in [1.82, 2.24) is 0 Å². The lowest BCUT2D eigenvalue weighted by atomic mass is 9.96. The number of rotatable bonds is 23. The number of anilines is 4. The molecule has 614 valence electrons. The summed E-state index contributed by atoms with van der Waals surface area (Å²) in [5.74, 6) is -1.08. The highest BCUT2D eigenvalue weighted by Gasteiger charge is 2.33. The van der Waals surface area contributed by atoms with Crippen LogP contribution in [0, 0.1) is 0 Å². The predicted molar refractivity (Wildman–Crippen MR) is 442 cm³/mol. The number of halogens is 1. The minimum absolute atomic E-state index is 0.205. The topological polar surface area (TPSA) is 293 Å². The molecule has 5 aromatic carbocycles. The molecule has 0 amide bonds. The van der Waals surface area contributed by atoms with Crippen LogP contribution in [0.3, 0.4) is 0 Å². The molecule has 4 fully saturated rings. The van der Waals surface area contributed by atoms with Gasteiger partial charge in [-0.25, -0.2) is 24.0 Å². The van der Waals surface area contributed by atoms with Gasteiger partial charge in [-0.3, -0.25) is 4.79 Å². The Labute approximate surface area is 673 Å². The first-order valence-corrected chi connectivity index (χ1v) is 40.5. The average molecular weight is 1640 g/mol. The molecule has 10 aromatic rings. The van der Waals surface area contributed by atoms with Gasteiger partial charge in [-0.05, 0) is 168 Å². The fourth-order valence-electron chi connectivity index (χ4n) is 16.3. The lowest BCUT2D eigenvalue weighted by Crippen LogP contribution is -2.40. The van der Waals surface area contributed by atoms with E-state index in [9.17, 15) is 33.9 Å². The summed E-state index contributed by atoms with van der Waals surface area (Å²) < 4.78 is 75.5. The highest BCUT2D eigenvalue weighted by molar-refractivity contribution is 9.10. The number of esters is 5. The van der Waals surface area contributed by atoms with Crippen LogP contribution in [0.4, 0.5) is 22.7 Å². The Morgan fingerprint density at radius 3 is 1.11 bits per heavy atom. The Bertz CT molecular complexity index is 4920. The van der Waals surface area contributed by atoms with Crippen molar-refractivity contribution in [2.75, 3.05) is 128 Å². The van der Waals surface area contributed by atoms with Crippen molar-refractivity contribution in [2.24, 2.45) is 0 Å². The summed E-state index contributed by atoms with van der Waals surface area (Å²) in [6.07, 6.45) is 16.9. The molecule has 14 rings (SSSR count). The number of nitrogens with one attached hydrogen (secondary N) is 1. The number of hydrogen-bond acceptors (Lipinski definition) is 25. The van der Waals surface area contributed by atoms with E-state index in [2.05, 4.69) is 69.7 Å². The highest BCUT2D eigenvalue weighted by atomic mass is 79.9. The zero-order valence-electron chi connectivity index (χ0n) is 67.9. The quantitative estimate of drug-likeness (QED) is 0.0342. The van der Waals surface area contributed by atoms with Crippen LogP contribution in [0.25, 0.3) is 54.8 Å². The maximum atomic E-state index is 12.6. The van der Waals surface area contributed by atoms with Gasteiger partial charge in [-0.15, -0.1) is 0 Å². The van der Waals surface area contributed by atoms with Gasteiger partial charge in [0, 0.05) is 175 Å². The number of aldehydes is 1. The zero-order valence-corrected chi connectivity index (χ0v) is 69.5. The van der Waals surface area contributed by atoms with Gasteiger partial charge < -0.3 is 89.8 Å². The number of ether oxygens (including phenoxy) is 9. The second-order valence-corrected chi connectivity index (χ2v) is 28.7. The number of carbonyl (C=O) groups excluding carboxylic acids is 6. The first-order chi connectivity index (χ1) is 55.4. The Morgan fingerprint density at radius 2 is 0.746 bits per heavy atom. The summed E-state index contributed by atoms with van der Waals surface area (Å²) in [4.78, 5) is 79.8. The lowest BCUT2D eigenvalue weighted by molar-refractivity contribution is 0.0592. The molecular weight excluding hydrogens is 1530 g/mol. The van der Waals surface area contributed by atoms with Crippen molar-refractivity contribution in [3.8, 4) is 0 Å². The molecule has 0 spiro atoms. The molecule has 4 aliphatic heterocycles. The Hall–Kier alpha value is -9.70. The van der Waals surface area contributed by atoms with Crippen molar-refractivity contribution >= 4 is 130 Å². The van der Waals surface area contributed by atoms with Gasteiger partial charge in [0.1, 0.15) is 40.3 Å². The summed E-state index contributed by atoms with van der Waals surface area (Å²) in [5.41, 5.74) is 15.0. The molecule has 0 radical (unpaired) electrons. The van der Waals surface area contributed by atoms with E-state index >= 15 is 0 Å². The van der Waals surface area contributed by atoms with Crippen LogP contribution >= 0.6 is 15.9 Å². The maximum absolute atomic E-state index is 12.6. The van der Waals surface area contributed by atoms with Crippen molar-refractivity contribution in [1.29, 1.82) is 0 Å². The highest BCUT2D eigenvalue weighted by Crippen LogP contribution is 2.42. The second-order valence-electron chi connectivity index (χ2n) is 27.8. The lowest BCUT2D eigenvalue weighted by Gasteiger charge is -2.36. The number of hydrogen-bond donors (Lipinski definition) is 2. The van der Waals surface area contributed by atoms with E-state index in [1.54, 1.807) is 37.0 Å². The third kappa shape index (κ3) is 19.1. The predicted octanol–water partition coefficient (Wildman–Crippen LogP) is 17.6. The third-order valence-electron chi connectivity index (χ3n) is 21.8. The molecule has 0 aliphatic carbocycles. The smallest absolute Gasteiger partial charge is 0.338 e. The monoisotopic (exact) mass is 1640 g/mol. The molecule has 26 heteroatoms. The largest absolute Gasteiger partial charge is 0.465 e. The Balaban J connectivity index is 0.000000152. The standard InChI is InChI=1S/C20H27NO5.C20H25NO5.C19H25NO4.C17H21NO4.C12H11BrO3/c2*1-4-15-17(21(5-2)13-6-8-25-9-7-13)11-18-16(10-14(12-22)26-18)19(15)20(23)24-3;1-4-14-16(20(5-2)13-6-9-23-10-7-13)12-17-15(8-11-24-17)18(14)19(21)22-3;1-3-12-14(18-11-4-7-21-8-5-11)10-15-13(6-9-22-15)16(12)17(19)20-2;1-3-7-9(13)6-10-8(4-5-16-10)11(7)12(14)15-2/h10-11,13,22H,4-9,12H2,1-3H3;10-13H,4-9H2,1-3H3;8,11-13H,4-7,9-10H2,1-3H3;6,9-11,18H,3-5,7-8H2,1-2H3;4-6H,3H2,1-2H3. The SMILES string of the molecule is CCc1c(Br)cc2occc2c1C(=O)OC.CCc1c(N(CC)C2CCOCC2)cc2oc(C=O)cc2c1C(=O)OC.CCc1c(N(CC)C2CCOCC2)cc2oc(CO)cc2c1C(=O)OC.CCc1c(N(CC)C2CCOCC2)cc2occc2c1C(=O)OC.CCc1c(NC2CCOCC2)cc2occc2c1C(=O)OC. The molecule has 25 nitrogen and oxygen atoms in total. The summed E-state index contributed by atoms with van der Waals surface area (Å²) in [7, 11) is 6.98. The van der Waals surface area contributed by atoms with Crippen LogP contribution in [0.1, 0.15) is 203 Å². The number of nitrogens with zero attached hydrogens (tertiary/aromatic N) is 3. The van der Waals surface area contributed by atoms with Crippen molar-refractivity contribution < 1.29 is 98.6 Å². The van der Waals surface area contributed by atoms with Crippen molar-refractivity contribution in [3.63, 3.8) is 0 Å². The van der Waals surface area contributed by atoms with Gasteiger partial charge in [0.2, 0.25) is 0 Å². The number of furan rings is 5. The Morgan fingerprint density at radius 1 is 0.421 bits per heavy atom. The van der Waals surface area contributed by atoms with Crippen LogP contribution in [-0.4, -0.2) is 173 Å². The van der Waals surface area contributed by atoms with E-state index in [-0.39, 0.29) is 36.2 Å². The number of aliphatic hydroxyl groups excluding tert-OH is 1. The summed E-state index contributed by atoms with van der Waals surface area (Å²) in [6.45, 7) is 25.0. The van der Waals surface area contributed by atoms with Crippen molar-refractivity contribution in [3.05, 3.63) is 151 Å². The van der Waals surface area contributed by atoms with Crippen LogP contribution in [0.15, 0.2) is 106 Å². The van der Waals surface area contributed by atoms with E-state index in [4.69, 9.17) is 64.7 Å². The summed E-state index contributed by atoms with van der Waals surface area (Å²) >= 11 is 3.44. The Kier molecular flexibility index (Phi) is 31.6. The maximum Gasteiger partial charge on any atom is 0.338 e. The molecule has 4 saturated heterocycles. The molecule has 5 aromatic heterocycles. The van der Waals surface area contributed by atoms with E-state index in [0.717, 1.165) is 220 Å². The minimum Gasteiger partial charge on any atom is -0.465 e. The molecular formula is C88H109BrN4O21. The van der Waals surface area contributed by atoms with E-state index in [1.807, 2.05) is 64.1 Å². The molecule has 0 saturated carbocycles. The second kappa shape index (κ2) is 41.6. The zero-order chi connectivity index (χ0) is 81.7. The number of fused-ring (bicyclic) bond motifs is 5. The van der Waals surface area contributed by atoms with Crippen LogP contribution in [0.5, 0.6) is 0 Å². The van der Waals surface area contributed by atoms with E-state index < -0.39 is 5.97 Å². The normalized spacial score (nSPS) is 14.8. The van der Waals surface area contributed by atoms with Crippen LogP contribution in [0.2, 0.25) is 0 Å². The van der Waals surface area contributed by atoms with Crippen LogP contribution in [-0.2, 0) is 81.3 Å². The number of carbonyl (C=O) groups is 6. The number of aliphatic hydroxyl groups is 1. The van der Waals surface area contributed by atoms with Gasteiger partial charge in [0.25, 0.3) is 0 Å². The van der Waals surface area contributed by atoms with E-state index in [1.165, 1.54) is 35.5 Å². The minimum atomic E-state index is -0.407. The van der Waals surface area contributed by atoms with Gasteiger partial charge in [-0.1, -0.05) is 50.5 Å². The van der Waals surface area contributed by atoms with Gasteiger partial charge in [0.15, 0.2) is 12.0 Å². The van der Waals surface area contributed by atoms with Crippen molar-refractivity contribution in [2.45, 2.75) is 170 Å². The third-order valence-corrected chi connectivity index (χ3v) is 22.5. The molecule has 0 unspecified atom stereocenters. The average Bonchev–Trinajstić information content (AvgIpc) is 1.54. The summed E-state index contributed by atoms with van der Waals surface area (Å²) in [5, 5.41) is 16.8. The molecule has 2 N–H and O–H groups in total. The fourth-order valence-corrected chi connectivity index (χ4v) is 17.0. The number of benzene rings is 5. The van der Waals surface area contributed by atoms with Gasteiger partial charge >= 0.3 is 29.8 Å². The van der Waals surface area contributed by atoms with E-state index in [0.29, 0.717) is 110 Å². The van der Waals surface area contributed by atoms with Crippen LogP contribution < -0.4 is 20.0 Å². The number of methoxy groups -OCH3 is 5. The first kappa shape index (κ1) is 86.7. The van der Waals surface area contributed by atoms with Gasteiger partial charge in [0.05, 0.1) is 82.2 Å². The molecule has 4 aliphatic rings. The fraction of sp³-hybridized carbons (Fsp3) is 0.477. The first-order valence-electron chi connectivity index (χ1n) is 39.7. The molecule has 0 bridgehead atoms.